The second-order valence-corrected chi connectivity index (χ2v) is 8.39. The lowest BCUT2D eigenvalue weighted by molar-refractivity contribution is -0.155. The summed E-state index contributed by atoms with van der Waals surface area (Å²) in [5.74, 6) is 1.42. The largest absolute Gasteiger partial charge is 0.460 e. The number of ether oxygens (including phenoxy) is 1. The third-order valence-corrected chi connectivity index (χ3v) is 4.89. The molecule has 0 unspecified atom stereocenters. The van der Waals surface area contributed by atoms with Crippen LogP contribution < -0.4 is 0 Å². The molecule has 0 N–H and O–H groups in total. The molecule has 146 valence electrons. The monoisotopic (exact) mass is 370 g/mol. The van der Waals surface area contributed by atoms with Gasteiger partial charge in [-0.1, -0.05) is 35.5 Å². The van der Waals surface area contributed by atoms with Crippen LogP contribution in [-0.4, -0.2) is 34.7 Å². The lowest BCUT2D eigenvalue weighted by atomic mass is 9.92. The SMILES string of the molecule is CC(C)(C)OC(=O)CCC1CCN(Cc2cc(-c3ccccc3)no2)CC1. The molecule has 1 aliphatic heterocycles. The highest BCUT2D eigenvalue weighted by Gasteiger charge is 2.23. The van der Waals surface area contributed by atoms with E-state index in [4.69, 9.17) is 9.26 Å². The topological polar surface area (TPSA) is 55.6 Å². The van der Waals surface area contributed by atoms with Gasteiger partial charge in [0.15, 0.2) is 5.76 Å². The fourth-order valence-electron chi connectivity index (χ4n) is 3.50. The number of nitrogens with zero attached hydrogens (tertiary/aromatic N) is 2. The Kier molecular flexibility index (Phi) is 6.32. The standard InChI is InChI=1S/C22H30N2O3/c1-22(2,3)26-21(25)10-9-17-11-13-24(14-12-17)16-19-15-20(23-27-19)18-7-5-4-6-8-18/h4-8,15,17H,9-14,16H2,1-3H3. The van der Waals surface area contributed by atoms with Gasteiger partial charge in [-0.15, -0.1) is 0 Å². The molecule has 0 amide bonds. The zero-order valence-electron chi connectivity index (χ0n) is 16.6. The average molecular weight is 370 g/mol. The van der Waals surface area contributed by atoms with Crippen LogP contribution in [0.1, 0.15) is 52.2 Å². The maximum atomic E-state index is 11.9. The quantitative estimate of drug-likeness (QED) is 0.691. The van der Waals surface area contributed by atoms with Crippen molar-refractivity contribution in [2.75, 3.05) is 13.1 Å². The van der Waals surface area contributed by atoms with E-state index in [0.29, 0.717) is 12.3 Å². The van der Waals surface area contributed by atoms with Gasteiger partial charge in [0.2, 0.25) is 0 Å². The number of likely N-dealkylation sites (tertiary alicyclic amines) is 1. The van der Waals surface area contributed by atoms with Crippen molar-refractivity contribution < 1.29 is 14.1 Å². The molecule has 3 rings (SSSR count). The minimum Gasteiger partial charge on any atom is -0.460 e. The molecular formula is C22H30N2O3. The zero-order chi connectivity index (χ0) is 19.3. The van der Waals surface area contributed by atoms with Crippen LogP contribution in [0, 0.1) is 5.92 Å². The first-order valence-electron chi connectivity index (χ1n) is 9.84. The number of hydrogen-bond donors (Lipinski definition) is 0. The summed E-state index contributed by atoms with van der Waals surface area (Å²) >= 11 is 0. The molecule has 0 aliphatic carbocycles. The van der Waals surface area contributed by atoms with Crippen LogP contribution in [0.4, 0.5) is 0 Å². The minimum atomic E-state index is -0.393. The molecule has 0 atom stereocenters. The van der Waals surface area contributed by atoms with Gasteiger partial charge >= 0.3 is 5.97 Å². The van der Waals surface area contributed by atoms with Crippen molar-refractivity contribution in [3.63, 3.8) is 0 Å². The van der Waals surface area contributed by atoms with E-state index in [2.05, 4.69) is 10.1 Å². The molecule has 5 nitrogen and oxygen atoms in total. The number of piperidine rings is 1. The van der Waals surface area contributed by atoms with E-state index < -0.39 is 5.60 Å². The Morgan fingerprint density at radius 3 is 2.59 bits per heavy atom. The highest BCUT2D eigenvalue weighted by atomic mass is 16.6. The summed E-state index contributed by atoms with van der Waals surface area (Å²) in [4.78, 5) is 14.3. The van der Waals surface area contributed by atoms with Crippen LogP contribution in [0.25, 0.3) is 11.3 Å². The molecule has 2 aromatic rings. The van der Waals surface area contributed by atoms with Gasteiger partial charge in [0, 0.05) is 18.1 Å². The minimum absolute atomic E-state index is 0.0833. The van der Waals surface area contributed by atoms with Crippen LogP contribution >= 0.6 is 0 Å². The van der Waals surface area contributed by atoms with Crippen molar-refractivity contribution in [1.29, 1.82) is 0 Å². The van der Waals surface area contributed by atoms with E-state index in [1.165, 1.54) is 0 Å². The Balaban J connectivity index is 1.41. The highest BCUT2D eigenvalue weighted by molar-refractivity contribution is 5.69. The second-order valence-electron chi connectivity index (χ2n) is 8.39. The van der Waals surface area contributed by atoms with Gasteiger partial charge < -0.3 is 9.26 Å². The van der Waals surface area contributed by atoms with Gasteiger partial charge in [-0.3, -0.25) is 9.69 Å². The fourth-order valence-corrected chi connectivity index (χ4v) is 3.50. The van der Waals surface area contributed by atoms with E-state index in [1.54, 1.807) is 0 Å². The number of aromatic nitrogens is 1. The van der Waals surface area contributed by atoms with Crippen molar-refractivity contribution in [2.24, 2.45) is 5.92 Å². The summed E-state index contributed by atoms with van der Waals surface area (Å²) in [6.07, 6.45) is 3.67. The predicted octanol–water partition coefficient (Wildman–Crippen LogP) is 4.68. The summed E-state index contributed by atoms with van der Waals surface area (Å²) in [6.45, 7) is 8.58. The molecule has 1 saturated heterocycles. The fraction of sp³-hybridized carbons (Fsp3) is 0.545. The molecule has 2 heterocycles. The predicted molar refractivity (Wildman–Crippen MR) is 105 cm³/mol. The van der Waals surface area contributed by atoms with E-state index in [-0.39, 0.29) is 5.97 Å². The van der Waals surface area contributed by atoms with Crippen molar-refractivity contribution in [3.8, 4) is 11.3 Å². The highest BCUT2D eigenvalue weighted by Crippen LogP contribution is 2.25. The number of rotatable bonds is 6. The van der Waals surface area contributed by atoms with Crippen LogP contribution in [0.3, 0.4) is 0 Å². The van der Waals surface area contributed by atoms with Gasteiger partial charge in [-0.05, 0) is 59.0 Å². The molecule has 0 radical (unpaired) electrons. The lowest BCUT2D eigenvalue weighted by Gasteiger charge is -2.31. The zero-order valence-corrected chi connectivity index (χ0v) is 16.6. The maximum Gasteiger partial charge on any atom is 0.306 e. The Hall–Kier alpha value is -2.14. The first-order chi connectivity index (χ1) is 12.9. The van der Waals surface area contributed by atoms with E-state index in [9.17, 15) is 4.79 Å². The molecule has 0 saturated carbocycles. The Bertz CT molecular complexity index is 726. The first-order valence-corrected chi connectivity index (χ1v) is 9.84. The van der Waals surface area contributed by atoms with Crippen LogP contribution in [0.2, 0.25) is 0 Å². The summed E-state index contributed by atoms with van der Waals surface area (Å²) in [6, 6.07) is 12.1. The van der Waals surface area contributed by atoms with Crippen molar-refractivity contribution in [2.45, 2.75) is 58.6 Å². The van der Waals surface area contributed by atoms with Crippen molar-refractivity contribution in [1.82, 2.24) is 10.1 Å². The maximum absolute atomic E-state index is 11.9. The number of hydrogen-bond acceptors (Lipinski definition) is 5. The Morgan fingerprint density at radius 1 is 1.22 bits per heavy atom. The van der Waals surface area contributed by atoms with Crippen molar-refractivity contribution >= 4 is 5.97 Å². The molecule has 1 aliphatic rings. The second kappa shape index (κ2) is 8.70. The third kappa shape index (κ3) is 6.21. The van der Waals surface area contributed by atoms with Gasteiger partial charge in [0.05, 0.1) is 6.54 Å². The van der Waals surface area contributed by atoms with E-state index in [0.717, 1.165) is 55.9 Å². The van der Waals surface area contributed by atoms with Gasteiger partial charge in [0.25, 0.3) is 0 Å². The molecule has 5 heteroatoms. The Labute approximate surface area is 161 Å². The van der Waals surface area contributed by atoms with E-state index >= 15 is 0 Å². The molecule has 27 heavy (non-hydrogen) atoms. The molecular weight excluding hydrogens is 340 g/mol. The molecule has 1 aromatic heterocycles. The summed E-state index contributed by atoms with van der Waals surface area (Å²) < 4.78 is 10.9. The molecule has 1 fully saturated rings. The molecule has 1 aromatic carbocycles. The number of benzene rings is 1. The average Bonchev–Trinajstić information content (AvgIpc) is 3.09. The summed E-state index contributed by atoms with van der Waals surface area (Å²) in [5, 5.41) is 4.19. The smallest absolute Gasteiger partial charge is 0.306 e. The first kappa shape index (κ1) is 19.6. The summed E-state index contributed by atoms with van der Waals surface area (Å²) in [7, 11) is 0. The van der Waals surface area contributed by atoms with Gasteiger partial charge in [-0.25, -0.2) is 0 Å². The number of carbonyl (C=O) groups excluding carboxylic acids is 1. The van der Waals surface area contributed by atoms with E-state index in [1.807, 2.05) is 57.2 Å². The molecule has 0 bridgehead atoms. The van der Waals surface area contributed by atoms with Crippen LogP contribution in [-0.2, 0) is 16.1 Å². The van der Waals surface area contributed by atoms with Gasteiger partial charge in [0.1, 0.15) is 11.3 Å². The third-order valence-electron chi connectivity index (χ3n) is 4.89. The van der Waals surface area contributed by atoms with Gasteiger partial charge in [-0.2, -0.15) is 0 Å². The summed E-state index contributed by atoms with van der Waals surface area (Å²) in [5.41, 5.74) is 1.57. The lowest BCUT2D eigenvalue weighted by Crippen LogP contribution is -2.33. The number of carbonyl (C=O) groups is 1. The molecule has 0 spiro atoms. The van der Waals surface area contributed by atoms with Crippen molar-refractivity contribution in [3.05, 3.63) is 42.2 Å². The Morgan fingerprint density at radius 2 is 1.93 bits per heavy atom. The van der Waals surface area contributed by atoms with Crippen LogP contribution in [0.5, 0.6) is 0 Å². The normalized spacial score (nSPS) is 16.4. The van der Waals surface area contributed by atoms with Crippen LogP contribution in [0.15, 0.2) is 40.9 Å². The number of esters is 1.